The van der Waals surface area contributed by atoms with Crippen molar-refractivity contribution in [2.75, 3.05) is 20.2 Å². The predicted octanol–water partition coefficient (Wildman–Crippen LogP) is 2.06. The summed E-state index contributed by atoms with van der Waals surface area (Å²) in [7, 11) is 2.13. The van der Waals surface area contributed by atoms with Gasteiger partial charge in [-0.2, -0.15) is 0 Å². The Labute approximate surface area is 81.6 Å². The van der Waals surface area contributed by atoms with Gasteiger partial charge in [-0.3, -0.25) is 4.90 Å². The number of ether oxygens (including phenoxy) is 1. The molecule has 0 aromatic carbocycles. The Morgan fingerprint density at radius 1 is 1.54 bits per heavy atom. The van der Waals surface area contributed by atoms with Gasteiger partial charge in [0.2, 0.25) is 0 Å². The van der Waals surface area contributed by atoms with Crippen LogP contribution in [-0.4, -0.2) is 36.7 Å². The Morgan fingerprint density at radius 2 is 2.15 bits per heavy atom. The van der Waals surface area contributed by atoms with E-state index in [1.165, 1.54) is 5.57 Å². The monoisotopic (exact) mass is 183 g/mol. The first-order chi connectivity index (χ1) is 5.88. The van der Waals surface area contributed by atoms with Crippen LogP contribution in [0.2, 0.25) is 0 Å². The van der Waals surface area contributed by atoms with E-state index in [2.05, 4.69) is 39.3 Å². The lowest BCUT2D eigenvalue weighted by molar-refractivity contribution is -0.0251. The largest absolute Gasteiger partial charge is 0.374 e. The van der Waals surface area contributed by atoms with Crippen LogP contribution in [0.5, 0.6) is 0 Å². The lowest BCUT2D eigenvalue weighted by Crippen LogP contribution is -2.33. The van der Waals surface area contributed by atoms with Gasteiger partial charge in [-0.05, 0) is 34.2 Å². The van der Waals surface area contributed by atoms with Crippen molar-refractivity contribution in [3.63, 3.8) is 0 Å². The molecule has 0 N–H and O–H groups in total. The number of hydrogen-bond acceptors (Lipinski definition) is 2. The van der Waals surface area contributed by atoms with Gasteiger partial charge in [0.05, 0.1) is 12.2 Å². The zero-order valence-electron chi connectivity index (χ0n) is 9.26. The lowest BCUT2D eigenvalue weighted by atomic mass is 10.1. The van der Waals surface area contributed by atoms with E-state index in [4.69, 9.17) is 4.74 Å². The first kappa shape index (κ1) is 10.7. The fraction of sp³-hybridized carbons (Fsp3) is 0.818. The summed E-state index contributed by atoms with van der Waals surface area (Å²) in [5.74, 6) is 0. The number of hydrogen-bond donors (Lipinski definition) is 0. The fourth-order valence-corrected chi connectivity index (χ4v) is 1.57. The van der Waals surface area contributed by atoms with Gasteiger partial charge < -0.3 is 4.74 Å². The zero-order chi connectivity index (χ0) is 10.1. The predicted molar refractivity (Wildman–Crippen MR) is 55.9 cm³/mol. The summed E-state index contributed by atoms with van der Waals surface area (Å²) in [6, 6.07) is 0.534. The van der Waals surface area contributed by atoms with Crippen molar-refractivity contribution in [1.29, 1.82) is 0 Å². The third-order valence-electron chi connectivity index (χ3n) is 2.33. The number of likely N-dealkylation sites (N-methyl/N-ethyl adjacent to an activating group) is 1. The molecule has 0 saturated carbocycles. The highest BCUT2D eigenvalue weighted by atomic mass is 16.5. The van der Waals surface area contributed by atoms with Crippen molar-refractivity contribution in [2.45, 2.75) is 38.8 Å². The second kappa shape index (κ2) is 3.81. The minimum atomic E-state index is -0.0231. The molecule has 1 saturated heterocycles. The van der Waals surface area contributed by atoms with Crippen LogP contribution in [0.1, 0.15) is 27.2 Å². The smallest absolute Gasteiger partial charge is 0.0632 e. The molecule has 0 aromatic heterocycles. The summed E-state index contributed by atoms with van der Waals surface area (Å²) in [6.07, 6.45) is 1.09. The molecule has 2 nitrogen and oxygen atoms in total. The van der Waals surface area contributed by atoms with Crippen LogP contribution in [-0.2, 0) is 4.74 Å². The van der Waals surface area contributed by atoms with Crippen LogP contribution in [0.4, 0.5) is 0 Å². The first-order valence-electron chi connectivity index (χ1n) is 4.89. The molecule has 1 aliphatic heterocycles. The van der Waals surface area contributed by atoms with Gasteiger partial charge >= 0.3 is 0 Å². The Morgan fingerprint density at radius 3 is 2.54 bits per heavy atom. The molecule has 1 unspecified atom stereocenters. The number of nitrogens with zero attached hydrogens (tertiary/aromatic N) is 1. The Bertz CT molecular complexity index is 193. The molecule has 0 aromatic rings. The van der Waals surface area contributed by atoms with Gasteiger partial charge in [-0.1, -0.05) is 12.2 Å². The van der Waals surface area contributed by atoms with Gasteiger partial charge in [-0.15, -0.1) is 0 Å². The molecule has 13 heavy (non-hydrogen) atoms. The molecule has 1 fully saturated rings. The summed E-state index contributed by atoms with van der Waals surface area (Å²) in [6.45, 7) is 12.1. The molecule has 2 heteroatoms. The van der Waals surface area contributed by atoms with Crippen LogP contribution in [0.15, 0.2) is 12.2 Å². The normalized spacial score (nSPS) is 25.5. The summed E-state index contributed by atoms with van der Waals surface area (Å²) >= 11 is 0. The highest BCUT2D eigenvalue weighted by molar-refractivity contribution is 5.07. The lowest BCUT2D eigenvalue weighted by Gasteiger charge is -2.25. The fourth-order valence-electron chi connectivity index (χ4n) is 1.57. The molecule has 1 heterocycles. The third kappa shape index (κ3) is 3.49. The maximum atomic E-state index is 5.75. The second-order valence-electron chi connectivity index (χ2n) is 4.95. The van der Waals surface area contributed by atoms with Crippen molar-refractivity contribution in [1.82, 2.24) is 4.90 Å². The van der Waals surface area contributed by atoms with Crippen LogP contribution >= 0.6 is 0 Å². The number of rotatable bonds is 2. The molecule has 76 valence electrons. The van der Waals surface area contributed by atoms with E-state index in [0.29, 0.717) is 6.04 Å². The molecule has 1 atom stereocenters. The van der Waals surface area contributed by atoms with E-state index < -0.39 is 0 Å². The molecule has 1 rings (SSSR count). The van der Waals surface area contributed by atoms with Crippen molar-refractivity contribution in [3.05, 3.63) is 12.2 Å². The van der Waals surface area contributed by atoms with Gasteiger partial charge in [0, 0.05) is 12.6 Å². The second-order valence-corrected chi connectivity index (χ2v) is 4.95. The van der Waals surface area contributed by atoms with Gasteiger partial charge in [0.25, 0.3) is 0 Å². The molecule has 0 radical (unpaired) electrons. The van der Waals surface area contributed by atoms with Gasteiger partial charge in [0.1, 0.15) is 0 Å². The SMILES string of the molecule is C=C1CC(COC(C)(C)C)N(C)C1. The zero-order valence-corrected chi connectivity index (χ0v) is 9.26. The number of likely N-dealkylation sites (tertiary alicyclic amines) is 1. The minimum Gasteiger partial charge on any atom is -0.374 e. The van der Waals surface area contributed by atoms with Crippen LogP contribution in [0.3, 0.4) is 0 Å². The maximum absolute atomic E-state index is 5.75. The topological polar surface area (TPSA) is 12.5 Å². The molecule has 0 bridgehead atoms. The summed E-state index contributed by atoms with van der Waals surface area (Å²) in [5, 5.41) is 0. The van der Waals surface area contributed by atoms with Crippen molar-refractivity contribution >= 4 is 0 Å². The first-order valence-corrected chi connectivity index (χ1v) is 4.89. The van der Waals surface area contributed by atoms with Crippen molar-refractivity contribution in [2.24, 2.45) is 0 Å². The van der Waals surface area contributed by atoms with E-state index in [1.54, 1.807) is 0 Å². The van der Waals surface area contributed by atoms with Crippen LogP contribution in [0, 0.1) is 0 Å². The Hall–Kier alpha value is -0.340. The van der Waals surface area contributed by atoms with Crippen molar-refractivity contribution in [3.8, 4) is 0 Å². The third-order valence-corrected chi connectivity index (χ3v) is 2.33. The highest BCUT2D eigenvalue weighted by Crippen LogP contribution is 2.20. The molecule has 0 spiro atoms. The summed E-state index contributed by atoms with van der Waals surface area (Å²) in [5.41, 5.74) is 1.30. The minimum absolute atomic E-state index is 0.0231. The Kier molecular flexibility index (Phi) is 3.14. The molecule has 0 aliphatic carbocycles. The standard InChI is InChI=1S/C11H21NO/c1-9-6-10(12(5)7-9)8-13-11(2,3)4/h10H,1,6-8H2,2-5H3. The molecule has 0 amide bonds. The van der Waals surface area contributed by atoms with Crippen LogP contribution < -0.4 is 0 Å². The van der Waals surface area contributed by atoms with E-state index >= 15 is 0 Å². The van der Waals surface area contributed by atoms with E-state index in [1.807, 2.05) is 0 Å². The quantitative estimate of drug-likeness (QED) is 0.608. The van der Waals surface area contributed by atoms with Crippen LogP contribution in [0.25, 0.3) is 0 Å². The molecule has 1 aliphatic rings. The summed E-state index contributed by atoms with van der Waals surface area (Å²) < 4.78 is 5.75. The van der Waals surface area contributed by atoms with Gasteiger partial charge in [-0.25, -0.2) is 0 Å². The Balaban J connectivity index is 2.34. The van der Waals surface area contributed by atoms with E-state index in [0.717, 1.165) is 19.6 Å². The van der Waals surface area contributed by atoms with E-state index in [-0.39, 0.29) is 5.60 Å². The highest BCUT2D eigenvalue weighted by Gasteiger charge is 2.25. The van der Waals surface area contributed by atoms with E-state index in [9.17, 15) is 0 Å². The average Bonchev–Trinajstić information content (AvgIpc) is 2.24. The van der Waals surface area contributed by atoms with Crippen molar-refractivity contribution < 1.29 is 4.74 Å². The average molecular weight is 183 g/mol. The van der Waals surface area contributed by atoms with Gasteiger partial charge in [0.15, 0.2) is 0 Å². The molecular weight excluding hydrogens is 162 g/mol. The maximum Gasteiger partial charge on any atom is 0.0632 e. The molecular formula is C11H21NO. The summed E-state index contributed by atoms with van der Waals surface area (Å²) in [4.78, 5) is 2.31.